The molecule has 6 heteroatoms. The summed E-state index contributed by atoms with van der Waals surface area (Å²) in [7, 11) is 0. The van der Waals surface area contributed by atoms with Crippen LogP contribution in [0.3, 0.4) is 0 Å². The summed E-state index contributed by atoms with van der Waals surface area (Å²) < 4.78 is 5.82. The van der Waals surface area contributed by atoms with E-state index in [4.69, 9.17) is 16.0 Å². The number of phenolic OH excluding ortho intramolecular Hbond substituents is 2. The molecule has 5 nitrogen and oxygen atoms in total. The lowest BCUT2D eigenvalue weighted by Gasteiger charge is -2.09. The lowest BCUT2D eigenvalue weighted by molar-refractivity contribution is 0.473. The molecule has 0 atom stereocenters. The first kappa shape index (κ1) is 19.0. The molecular weight excluding hydrogens is 388 g/mol. The van der Waals surface area contributed by atoms with Crippen LogP contribution < -0.4 is 0 Å². The molecule has 29 heavy (non-hydrogen) atoms. The van der Waals surface area contributed by atoms with Crippen molar-refractivity contribution in [1.29, 1.82) is 0 Å². The maximum absolute atomic E-state index is 10.3. The zero-order valence-corrected chi connectivity index (χ0v) is 16.9. The van der Waals surface area contributed by atoms with E-state index in [1.807, 2.05) is 39.0 Å². The van der Waals surface area contributed by atoms with Gasteiger partial charge in [0.25, 0.3) is 0 Å². The summed E-state index contributed by atoms with van der Waals surface area (Å²) >= 11 is 6.29. The Kier molecular flexibility index (Phi) is 4.76. The minimum atomic E-state index is 0.0460. The minimum Gasteiger partial charge on any atom is -0.507 e. The molecular formula is C23H19ClN2O3. The van der Waals surface area contributed by atoms with Crippen molar-refractivity contribution in [1.82, 2.24) is 4.98 Å². The van der Waals surface area contributed by atoms with E-state index in [0.29, 0.717) is 38.8 Å². The molecule has 0 spiro atoms. The van der Waals surface area contributed by atoms with Gasteiger partial charge < -0.3 is 14.6 Å². The number of oxazole rings is 1. The Morgan fingerprint density at radius 2 is 1.79 bits per heavy atom. The van der Waals surface area contributed by atoms with Gasteiger partial charge in [-0.1, -0.05) is 17.7 Å². The van der Waals surface area contributed by atoms with E-state index < -0.39 is 0 Å². The molecule has 4 rings (SSSR count). The van der Waals surface area contributed by atoms with Crippen LogP contribution in [0.15, 0.2) is 51.9 Å². The summed E-state index contributed by atoms with van der Waals surface area (Å²) in [5, 5.41) is 21.1. The predicted molar refractivity (Wildman–Crippen MR) is 116 cm³/mol. The number of aromatic nitrogens is 1. The second-order valence-corrected chi connectivity index (χ2v) is 7.39. The Morgan fingerprint density at radius 3 is 2.59 bits per heavy atom. The van der Waals surface area contributed by atoms with Gasteiger partial charge in [0.1, 0.15) is 17.0 Å². The number of aryl methyl sites for hydroxylation is 2. The van der Waals surface area contributed by atoms with Crippen LogP contribution in [0.5, 0.6) is 11.5 Å². The van der Waals surface area contributed by atoms with Crippen molar-refractivity contribution in [2.24, 2.45) is 4.99 Å². The molecule has 0 fully saturated rings. The largest absolute Gasteiger partial charge is 0.507 e. The first-order chi connectivity index (χ1) is 13.8. The molecule has 0 aliphatic heterocycles. The highest BCUT2D eigenvalue weighted by atomic mass is 35.5. The number of aromatic hydroxyl groups is 2. The predicted octanol–water partition coefficient (Wildman–Crippen LogP) is 6.24. The molecule has 0 unspecified atom stereocenters. The molecule has 0 saturated carbocycles. The molecule has 0 amide bonds. The molecule has 3 aromatic carbocycles. The zero-order chi connectivity index (χ0) is 20.7. The fraction of sp³-hybridized carbons (Fsp3) is 0.130. The standard InChI is InChI=1S/C23H19ClN2O3/c1-12-4-6-18-21(8-12)29-23(26-18)16-10-15(5-7-19(16)27)25-11-17-14(3)22(24)13(2)9-20(17)28/h4-11,27-28H,1-3H3. The summed E-state index contributed by atoms with van der Waals surface area (Å²) in [4.78, 5) is 8.90. The van der Waals surface area contributed by atoms with E-state index in [1.165, 1.54) is 6.07 Å². The van der Waals surface area contributed by atoms with E-state index in [-0.39, 0.29) is 11.5 Å². The van der Waals surface area contributed by atoms with Crippen LogP contribution in [-0.4, -0.2) is 21.4 Å². The van der Waals surface area contributed by atoms with Gasteiger partial charge >= 0.3 is 0 Å². The van der Waals surface area contributed by atoms with Crippen molar-refractivity contribution in [2.45, 2.75) is 20.8 Å². The van der Waals surface area contributed by atoms with Crippen LogP contribution in [0.2, 0.25) is 5.02 Å². The molecule has 0 aliphatic rings. The number of hydrogen-bond donors (Lipinski definition) is 2. The van der Waals surface area contributed by atoms with Crippen molar-refractivity contribution < 1.29 is 14.6 Å². The summed E-state index contributed by atoms with van der Waals surface area (Å²) in [6.45, 7) is 5.65. The Labute approximate surface area is 172 Å². The molecule has 1 aromatic heterocycles. The zero-order valence-electron chi connectivity index (χ0n) is 16.2. The van der Waals surface area contributed by atoms with Crippen molar-refractivity contribution in [3.63, 3.8) is 0 Å². The Balaban J connectivity index is 1.74. The van der Waals surface area contributed by atoms with Crippen LogP contribution in [0, 0.1) is 20.8 Å². The number of benzene rings is 3. The van der Waals surface area contributed by atoms with E-state index in [1.54, 1.807) is 24.4 Å². The van der Waals surface area contributed by atoms with E-state index >= 15 is 0 Å². The summed E-state index contributed by atoms with van der Waals surface area (Å²) in [5.74, 6) is 0.476. The molecule has 4 aromatic rings. The van der Waals surface area contributed by atoms with Crippen LogP contribution in [0.4, 0.5) is 5.69 Å². The Bertz CT molecular complexity index is 1280. The van der Waals surface area contributed by atoms with Gasteiger partial charge in [0.15, 0.2) is 5.58 Å². The lowest BCUT2D eigenvalue weighted by atomic mass is 10.0. The molecule has 0 radical (unpaired) electrons. The van der Waals surface area contributed by atoms with Gasteiger partial charge in [-0.2, -0.15) is 0 Å². The monoisotopic (exact) mass is 406 g/mol. The van der Waals surface area contributed by atoms with Gasteiger partial charge in [0, 0.05) is 16.8 Å². The third kappa shape index (κ3) is 3.57. The molecule has 0 bridgehead atoms. The second-order valence-electron chi connectivity index (χ2n) is 7.02. The average Bonchev–Trinajstić information content (AvgIpc) is 3.10. The van der Waals surface area contributed by atoms with Crippen LogP contribution in [0.25, 0.3) is 22.6 Å². The number of aliphatic imine (C=N–C) groups is 1. The van der Waals surface area contributed by atoms with Gasteiger partial charge in [-0.25, -0.2) is 4.98 Å². The molecule has 0 saturated heterocycles. The molecule has 0 aliphatic carbocycles. The van der Waals surface area contributed by atoms with Crippen molar-refractivity contribution in [3.05, 3.63) is 69.7 Å². The number of phenols is 2. The average molecular weight is 407 g/mol. The minimum absolute atomic E-state index is 0.0460. The number of hydrogen-bond acceptors (Lipinski definition) is 5. The summed E-state index contributed by atoms with van der Waals surface area (Å²) in [6.07, 6.45) is 1.56. The Hall–Kier alpha value is -3.31. The third-order valence-corrected chi connectivity index (χ3v) is 5.39. The summed E-state index contributed by atoms with van der Waals surface area (Å²) in [5.41, 5.74) is 5.56. The first-order valence-corrected chi connectivity index (χ1v) is 9.44. The van der Waals surface area contributed by atoms with Crippen LogP contribution >= 0.6 is 11.6 Å². The highest BCUT2D eigenvalue weighted by Gasteiger charge is 2.14. The fourth-order valence-corrected chi connectivity index (χ4v) is 3.33. The molecule has 2 N–H and O–H groups in total. The second kappa shape index (κ2) is 7.26. The SMILES string of the molecule is Cc1ccc2nc(-c3cc(N=Cc4c(O)cc(C)c(Cl)c4C)ccc3O)oc2c1. The number of halogens is 1. The lowest BCUT2D eigenvalue weighted by Crippen LogP contribution is -1.92. The smallest absolute Gasteiger partial charge is 0.231 e. The number of rotatable bonds is 3. The third-order valence-electron chi connectivity index (χ3n) is 4.81. The summed E-state index contributed by atoms with van der Waals surface area (Å²) in [6, 6.07) is 12.2. The van der Waals surface area contributed by atoms with Crippen LogP contribution in [0.1, 0.15) is 22.3 Å². The number of fused-ring (bicyclic) bond motifs is 1. The maximum atomic E-state index is 10.3. The highest BCUT2D eigenvalue weighted by molar-refractivity contribution is 6.32. The van der Waals surface area contributed by atoms with Gasteiger partial charge in [0.2, 0.25) is 5.89 Å². The first-order valence-electron chi connectivity index (χ1n) is 9.07. The fourth-order valence-electron chi connectivity index (χ4n) is 3.18. The maximum Gasteiger partial charge on any atom is 0.231 e. The van der Waals surface area contributed by atoms with Gasteiger partial charge in [-0.05, 0) is 73.9 Å². The van der Waals surface area contributed by atoms with Crippen LogP contribution in [-0.2, 0) is 0 Å². The van der Waals surface area contributed by atoms with Gasteiger partial charge in [0.05, 0.1) is 11.3 Å². The van der Waals surface area contributed by atoms with E-state index in [2.05, 4.69) is 9.98 Å². The van der Waals surface area contributed by atoms with Crippen molar-refractivity contribution >= 4 is 34.6 Å². The highest BCUT2D eigenvalue weighted by Crippen LogP contribution is 2.35. The van der Waals surface area contributed by atoms with E-state index in [9.17, 15) is 10.2 Å². The van der Waals surface area contributed by atoms with Crippen molar-refractivity contribution in [2.75, 3.05) is 0 Å². The number of nitrogens with zero attached hydrogens (tertiary/aromatic N) is 2. The van der Waals surface area contributed by atoms with Crippen molar-refractivity contribution in [3.8, 4) is 23.0 Å². The van der Waals surface area contributed by atoms with E-state index in [0.717, 1.165) is 16.7 Å². The molecule has 1 heterocycles. The van der Waals surface area contributed by atoms with Gasteiger partial charge in [-0.15, -0.1) is 0 Å². The Morgan fingerprint density at radius 1 is 1.00 bits per heavy atom. The normalized spacial score (nSPS) is 11.6. The van der Waals surface area contributed by atoms with Gasteiger partial charge in [-0.3, -0.25) is 4.99 Å². The molecule has 146 valence electrons. The quantitative estimate of drug-likeness (QED) is 0.395. The topological polar surface area (TPSA) is 78.9 Å².